The number of nitrogens with zero attached hydrogens (tertiary/aromatic N) is 1. The third-order valence-electron chi connectivity index (χ3n) is 3.63. The van der Waals surface area contributed by atoms with Crippen LogP contribution in [0.3, 0.4) is 0 Å². The minimum Gasteiger partial charge on any atom is -0.496 e. The smallest absolute Gasteiger partial charge is 0.125 e. The average Bonchev–Trinajstić information content (AvgIpc) is 3.01. The molecule has 2 aromatic rings. The molecule has 5 nitrogen and oxygen atoms in total. The van der Waals surface area contributed by atoms with Crippen LogP contribution in [-0.4, -0.2) is 37.3 Å². The predicted molar refractivity (Wildman–Crippen MR) is 92.3 cm³/mol. The maximum absolute atomic E-state index is 5.55. The van der Waals surface area contributed by atoms with E-state index in [9.17, 15) is 0 Å². The van der Waals surface area contributed by atoms with Gasteiger partial charge in [-0.15, -0.1) is 0 Å². The van der Waals surface area contributed by atoms with E-state index in [1.807, 2.05) is 6.92 Å². The summed E-state index contributed by atoms with van der Waals surface area (Å²) in [5.74, 6) is 1.70. The summed E-state index contributed by atoms with van der Waals surface area (Å²) in [6.45, 7) is 5.46. The number of methoxy groups -OCH3 is 2. The topological polar surface area (TPSA) is 59.2 Å². The third kappa shape index (κ3) is 3.39. The fourth-order valence-electron chi connectivity index (χ4n) is 2.64. The number of aromatic amines is 1. The molecule has 22 heavy (non-hydrogen) atoms. The predicted octanol–water partition coefficient (Wildman–Crippen LogP) is 3.11. The fraction of sp³-hybridized carbons (Fsp3) is 0.438. The number of imidazole rings is 1. The normalized spacial score (nSPS) is 12.2. The molecule has 0 bridgehead atoms. The number of rotatable bonds is 7. The highest BCUT2D eigenvalue weighted by Gasteiger charge is 2.22. The lowest BCUT2D eigenvalue weighted by molar-refractivity contribution is 0.211. The molecular formula is C16H23N3O2S. The van der Waals surface area contributed by atoms with Crippen molar-refractivity contribution in [3.8, 4) is 5.75 Å². The van der Waals surface area contributed by atoms with Crippen LogP contribution in [0.4, 0.5) is 5.69 Å². The molecule has 0 spiro atoms. The van der Waals surface area contributed by atoms with Crippen molar-refractivity contribution in [3.05, 3.63) is 41.0 Å². The Labute approximate surface area is 136 Å². The number of hydrogen-bond acceptors (Lipinski definition) is 5. The minimum absolute atomic E-state index is 0.158. The lowest BCUT2D eigenvalue weighted by atomic mass is 9.98. The molecule has 0 aliphatic carbocycles. The molecule has 120 valence electrons. The number of hydrogen-bond donors (Lipinski definition) is 3. The van der Waals surface area contributed by atoms with Crippen LogP contribution in [0.1, 0.15) is 27.8 Å². The second-order valence-corrected chi connectivity index (χ2v) is 5.63. The molecule has 1 aromatic heterocycles. The molecule has 0 fully saturated rings. The number of benzene rings is 1. The standard InChI is InChI=1S/C16H23N3O2S/c1-10-9-12(17-7-8-20-3)13(11(2)14(10)21-4)15(22)16-18-5-6-19-16/h5-6,9,15,17,22H,7-8H2,1-4H3,(H,18,19). The molecular weight excluding hydrogens is 298 g/mol. The highest BCUT2D eigenvalue weighted by atomic mass is 32.1. The van der Waals surface area contributed by atoms with Crippen LogP contribution in [0.5, 0.6) is 5.75 Å². The van der Waals surface area contributed by atoms with Gasteiger partial charge in [0.1, 0.15) is 11.6 Å². The van der Waals surface area contributed by atoms with Crippen molar-refractivity contribution < 1.29 is 9.47 Å². The Morgan fingerprint density at radius 1 is 1.36 bits per heavy atom. The maximum atomic E-state index is 5.55. The van der Waals surface area contributed by atoms with E-state index < -0.39 is 0 Å². The molecule has 0 aliphatic rings. The van der Waals surface area contributed by atoms with Gasteiger partial charge in [-0.3, -0.25) is 0 Å². The molecule has 2 rings (SSSR count). The van der Waals surface area contributed by atoms with Crippen LogP contribution in [0.15, 0.2) is 18.5 Å². The Morgan fingerprint density at radius 2 is 2.14 bits per heavy atom. The van der Waals surface area contributed by atoms with Gasteiger partial charge in [0.05, 0.1) is 19.0 Å². The molecule has 0 saturated heterocycles. The van der Waals surface area contributed by atoms with E-state index in [1.54, 1.807) is 26.6 Å². The first-order chi connectivity index (χ1) is 10.6. The van der Waals surface area contributed by atoms with E-state index in [4.69, 9.17) is 22.1 Å². The average molecular weight is 321 g/mol. The van der Waals surface area contributed by atoms with Gasteiger partial charge in [0.2, 0.25) is 0 Å². The number of anilines is 1. The SMILES string of the molecule is COCCNc1cc(C)c(OC)c(C)c1C(S)c1ncc[nH]1. The largest absolute Gasteiger partial charge is 0.496 e. The molecule has 1 aromatic carbocycles. The minimum atomic E-state index is -0.158. The summed E-state index contributed by atoms with van der Waals surface area (Å²) in [4.78, 5) is 7.45. The van der Waals surface area contributed by atoms with Gasteiger partial charge in [0.25, 0.3) is 0 Å². The molecule has 1 heterocycles. The number of aromatic nitrogens is 2. The molecule has 6 heteroatoms. The lowest BCUT2D eigenvalue weighted by Gasteiger charge is -2.22. The zero-order chi connectivity index (χ0) is 16.1. The second-order valence-electron chi connectivity index (χ2n) is 5.11. The van der Waals surface area contributed by atoms with Crippen LogP contribution in [-0.2, 0) is 4.74 Å². The number of ether oxygens (including phenoxy) is 2. The van der Waals surface area contributed by atoms with Crippen LogP contribution < -0.4 is 10.1 Å². The van der Waals surface area contributed by atoms with Crippen LogP contribution in [0.2, 0.25) is 0 Å². The van der Waals surface area contributed by atoms with Crippen molar-refractivity contribution in [2.24, 2.45) is 0 Å². The van der Waals surface area contributed by atoms with E-state index in [1.165, 1.54) is 0 Å². The van der Waals surface area contributed by atoms with E-state index in [-0.39, 0.29) is 5.25 Å². The van der Waals surface area contributed by atoms with E-state index in [0.29, 0.717) is 6.61 Å². The molecule has 0 radical (unpaired) electrons. The zero-order valence-electron chi connectivity index (χ0n) is 13.4. The van der Waals surface area contributed by atoms with Crippen LogP contribution in [0, 0.1) is 13.8 Å². The highest BCUT2D eigenvalue weighted by molar-refractivity contribution is 7.80. The van der Waals surface area contributed by atoms with E-state index in [2.05, 4.69) is 28.3 Å². The first-order valence-corrected chi connectivity index (χ1v) is 7.70. The van der Waals surface area contributed by atoms with Crippen LogP contribution >= 0.6 is 12.6 Å². The van der Waals surface area contributed by atoms with Crippen LogP contribution in [0.25, 0.3) is 0 Å². The molecule has 1 atom stereocenters. The van der Waals surface area contributed by atoms with Gasteiger partial charge in [-0.2, -0.15) is 12.6 Å². The van der Waals surface area contributed by atoms with E-state index in [0.717, 1.165) is 40.5 Å². The van der Waals surface area contributed by atoms with Gasteiger partial charge in [-0.25, -0.2) is 4.98 Å². The molecule has 0 amide bonds. The summed E-state index contributed by atoms with van der Waals surface area (Å²) >= 11 is 4.76. The van der Waals surface area contributed by atoms with Crippen molar-refractivity contribution in [1.29, 1.82) is 0 Å². The number of aryl methyl sites for hydroxylation is 1. The summed E-state index contributed by atoms with van der Waals surface area (Å²) in [5, 5.41) is 3.26. The zero-order valence-corrected chi connectivity index (χ0v) is 14.3. The summed E-state index contributed by atoms with van der Waals surface area (Å²) in [6.07, 6.45) is 3.54. The van der Waals surface area contributed by atoms with Gasteiger partial charge >= 0.3 is 0 Å². The maximum Gasteiger partial charge on any atom is 0.125 e. The number of H-pyrrole nitrogens is 1. The Bertz CT molecular complexity index is 614. The van der Waals surface area contributed by atoms with Gasteiger partial charge in [0.15, 0.2) is 0 Å². The Morgan fingerprint density at radius 3 is 2.73 bits per heavy atom. The highest BCUT2D eigenvalue weighted by Crippen LogP contribution is 2.40. The summed E-state index contributed by atoms with van der Waals surface area (Å²) < 4.78 is 10.7. The van der Waals surface area contributed by atoms with Crippen molar-refractivity contribution >= 4 is 18.3 Å². The Hall–Kier alpha value is -1.66. The second kappa shape index (κ2) is 7.56. The Kier molecular flexibility index (Phi) is 5.74. The van der Waals surface area contributed by atoms with Crippen molar-refractivity contribution in [1.82, 2.24) is 9.97 Å². The van der Waals surface area contributed by atoms with Gasteiger partial charge < -0.3 is 19.8 Å². The summed E-state index contributed by atoms with van der Waals surface area (Å²) in [5.41, 5.74) is 4.25. The first-order valence-electron chi connectivity index (χ1n) is 7.18. The monoisotopic (exact) mass is 321 g/mol. The van der Waals surface area contributed by atoms with Crippen molar-refractivity contribution in [3.63, 3.8) is 0 Å². The number of thiol groups is 1. The quantitative estimate of drug-likeness (QED) is 0.542. The van der Waals surface area contributed by atoms with E-state index >= 15 is 0 Å². The molecule has 0 aliphatic heterocycles. The third-order valence-corrected chi connectivity index (χ3v) is 4.13. The fourth-order valence-corrected chi connectivity index (χ4v) is 3.12. The first kappa shape index (κ1) is 16.7. The molecule has 1 unspecified atom stereocenters. The summed E-state index contributed by atoms with van der Waals surface area (Å²) in [6, 6.07) is 2.09. The Balaban J connectivity index is 2.47. The molecule has 0 saturated carbocycles. The van der Waals surface area contributed by atoms with Gasteiger partial charge in [0, 0.05) is 37.3 Å². The van der Waals surface area contributed by atoms with Gasteiger partial charge in [-0.1, -0.05) is 0 Å². The van der Waals surface area contributed by atoms with Crippen molar-refractivity contribution in [2.45, 2.75) is 19.1 Å². The van der Waals surface area contributed by atoms with Gasteiger partial charge in [-0.05, 0) is 31.0 Å². The molecule has 2 N–H and O–H groups in total. The number of nitrogens with one attached hydrogen (secondary N) is 2. The van der Waals surface area contributed by atoms with Crippen molar-refractivity contribution in [2.75, 3.05) is 32.7 Å². The summed E-state index contributed by atoms with van der Waals surface area (Å²) in [7, 11) is 3.38. The lowest BCUT2D eigenvalue weighted by Crippen LogP contribution is -2.12.